The van der Waals surface area contributed by atoms with Gasteiger partial charge in [0.15, 0.2) is 11.5 Å². The molecule has 1 aromatic carbocycles. The Morgan fingerprint density at radius 3 is 2.50 bits per heavy atom. The van der Waals surface area contributed by atoms with Gasteiger partial charge in [-0.15, -0.1) is 0 Å². The van der Waals surface area contributed by atoms with Crippen molar-refractivity contribution in [1.82, 2.24) is 9.78 Å². The smallest absolute Gasteiger partial charge is 0.229 e. The van der Waals surface area contributed by atoms with Gasteiger partial charge < -0.3 is 14.8 Å². The van der Waals surface area contributed by atoms with Crippen LogP contribution in [0.2, 0.25) is 0 Å². The number of nitrogens with zero attached hydrogens (tertiary/aromatic N) is 2. The van der Waals surface area contributed by atoms with Gasteiger partial charge in [-0.25, -0.2) is 4.68 Å². The number of amides is 1. The Kier molecular flexibility index (Phi) is 7.50. The predicted octanol–water partition coefficient (Wildman–Crippen LogP) is 4.60. The van der Waals surface area contributed by atoms with Crippen molar-refractivity contribution in [3.63, 3.8) is 0 Å². The third-order valence-electron chi connectivity index (χ3n) is 4.01. The van der Waals surface area contributed by atoms with Crippen molar-refractivity contribution in [3.8, 4) is 11.5 Å². The second kappa shape index (κ2) is 9.62. The van der Waals surface area contributed by atoms with E-state index in [0.29, 0.717) is 30.5 Å². The highest BCUT2D eigenvalue weighted by Gasteiger charge is 2.15. The molecule has 1 amide bonds. The number of aromatic nitrogens is 2. The average Bonchev–Trinajstić information content (AvgIpc) is 3.06. The Hall–Kier alpha value is -2.02. The lowest BCUT2D eigenvalue weighted by atomic mass is 10.1. The third-order valence-corrected chi connectivity index (χ3v) is 4.75. The van der Waals surface area contributed by atoms with Crippen LogP contribution in [-0.4, -0.2) is 28.9 Å². The highest BCUT2D eigenvalue weighted by molar-refractivity contribution is 9.10. The number of nitrogens with one attached hydrogen (secondary N) is 1. The summed E-state index contributed by atoms with van der Waals surface area (Å²) in [6.07, 6.45) is 2.85. The van der Waals surface area contributed by atoms with Gasteiger partial charge in [-0.1, -0.05) is 22.9 Å². The van der Waals surface area contributed by atoms with Crippen LogP contribution in [0, 0.1) is 0 Å². The number of halogens is 1. The zero-order valence-electron chi connectivity index (χ0n) is 15.7. The molecule has 26 heavy (non-hydrogen) atoms. The number of ether oxygens (including phenoxy) is 2. The molecular formula is C19H26BrN3O3. The molecule has 7 heteroatoms. The van der Waals surface area contributed by atoms with Crippen molar-refractivity contribution in [3.05, 3.63) is 34.4 Å². The quantitative estimate of drug-likeness (QED) is 0.639. The topological polar surface area (TPSA) is 65.4 Å². The van der Waals surface area contributed by atoms with Crippen LogP contribution in [0.4, 0.5) is 5.82 Å². The Balaban J connectivity index is 2.16. The maximum absolute atomic E-state index is 12.5. The first-order valence-electron chi connectivity index (χ1n) is 8.91. The van der Waals surface area contributed by atoms with Crippen LogP contribution in [0.15, 0.2) is 28.9 Å². The van der Waals surface area contributed by atoms with E-state index >= 15 is 0 Å². The maximum Gasteiger partial charge on any atom is 0.229 e. The number of benzene rings is 1. The monoisotopic (exact) mass is 423 g/mol. The molecule has 6 nitrogen and oxygen atoms in total. The highest BCUT2D eigenvalue weighted by atomic mass is 79.9. The Labute approximate surface area is 163 Å². The standard InChI is InChI=1S/C19H26BrN3O3/c1-5-13(4)23-18(8-9-21-23)22-19(24)11-14-10-16(25-6-2)17(26-7-3)12-15(14)20/h8-10,12-13H,5-7,11H2,1-4H3,(H,22,24). The molecule has 1 N–H and O–H groups in total. The summed E-state index contributed by atoms with van der Waals surface area (Å²) >= 11 is 3.52. The molecule has 0 radical (unpaired) electrons. The SMILES string of the molecule is CCOc1cc(Br)c(CC(=O)Nc2ccnn2C(C)CC)cc1OCC. The molecule has 2 aromatic rings. The normalized spacial score (nSPS) is 11.9. The van der Waals surface area contributed by atoms with E-state index in [-0.39, 0.29) is 18.4 Å². The molecule has 0 aliphatic carbocycles. The molecule has 0 aliphatic rings. The lowest BCUT2D eigenvalue weighted by molar-refractivity contribution is -0.115. The van der Waals surface area contributed by atoms with Crippen LogP contribution in [0.3, 0.4) is 0 Å². The summed E-state index contributed by atoms with van der Waals surface area (Å²) < 4.78 is 13.9. The molecule has 2 rings (SSSR count). The molecule has 1 heterocycles. The van der Waals surface area contributed by atoms with E-state index in [0.717, 1.165) is 16.5 Å². The molecule has 0 aliphatic heterocycles. The molecule has 0 bridgehead atoms. The van der Waals surface area contributed by atoms with E-state index < -0.39 is 0 Å². The molecule has 1 atom stereocenters. The van der Waals surface area contributed by atoms with Gasteiger partial charge in [-0.3, -0.25) is 4.79 Å². The lowest BCUT2D eigenvalue weighted by Crippen LogP contribution is -2.19. The second-order valence-corrected chi connectivity index (χ2v) is 6.75. The fourth-order valence-corrected chi connectivity index (χ4v) is 3.01. The van der Waals surface area contributed by atoms with Gasteiger partial charge in [0.05, 0.1) is 31.9 Å². The first-order chi connectivity index (χ1) is 12.5. The van der Waals surface area contributed by atoms with Gasteiger partial charge in [0.25, 0.3) is 0 Å². The van der Waals surface area contributed by atoms with Gasteiger partial charge in [0, 0.05) is 10.5 Å². The van der Waals surface area contributed by atoms with Crippen LogP contribution in [0.1, 0.15) is 45.7 Å². The number of carbonyl (C=O) groups is 1. The summed E-state index contributed by atoms with van der Waals surface area (Å²) in [6, 6.07) is 5.73. The Morgan fingerprint density at radius 2 is 1.88 bits per heavy atom. The van der Waals surface area contributed by atoms with E-state index in [1.165, 1.54) is 0 Å². The van der Waals surface area contributed by atoms with Crippen LogP contribution < -0.4 is 14.8 Å². The third kappa shape index (κ3) is 5.00. The summed E-state index contributed by atoms with van der Waals surface area (Å²) in [5.41, 5.74) is 0.837. The second-order valence-electron chi connectivity index (χ2n) is 5.90. The van der Waals surface area contributed by atoms with Crippen LogP contribution >= 0.6 is 15.9 Å². The molecule has 0 spiro atoms. The van der Waals surface area contributed by atoms with Crippen molar-refractivity contribution in [2.45, 2.75) is 46.6 Å². The molecule has 1 unspecified atom stereocenters. The van der Waals surface area contributed by atoms with Gasteiger partial charge in [0.2, 0.25) is 5.91 Å². The zero-order valence-corrected chi connectivity index (χ0v) is 17.3. The van der Waals surface area contributed by atoms with Gasteiger partial charge in [-0.2, -0.15) is 5.10 Å². The van der Waals surface area contributed by atoms with E-state index in [1.807, 2.05) is 36.7 Å². The largest absolute Gasteiger partial charge is 0.490 e. The van der Waals surface area contributed by atoms with Crippen molar-refractivity contribution in [2.24, 2.45) is 0 Å². The van der Waals surface area contributed by atoms with Crippen molar-refractivity contribution in [1.29, 1.82) is 0 Å². The molecule has 0 saturated carbocycles. The van der Waals surface area contributed by atoms with E-state index in [1.54, 1.807) is 6.20 Å². The van der Waals surface area contributed by atoms with Crippen LogP contribution in [0.5, 0.6) is 11.5 Å². The molecule has 0 fully saturated rings. The fraction of sp³-hybridized carbons (Fsp3) is 0.474. The van der Waals surface area contributed by atoms with Gasteiger partial charge in [0.1, 0.15) is 5.82 Å². The van der Waals surface area contributed by atoms with Gasteiger partial charge >= 0.3 is 0 Å². The van der Waals surface area contributed by atoms with Crippen LogP contribution in [0.25, 0.3) is 0 Å². The highest BCUT2D eigenvalue weighted by Crippen LogP contribution is 2.34. The Bertz CT molecular complexity index is 746. The average molecular weight is 424 g/mol. The van der Waals surface area contributed by atoms with Crippen molar-refractivity contribution in [2.75, 3.05) is 18.5 Å². The summed E-state index contributed by atoms with van der Waals surface area (Å²) in [5, 5.41) is 7.23. The number of hydrogen-bond acceptors (Lipinski definition) is 4. The summed E-state index contributed by atoms with van der Waals surface area (Å²) in [6.45, 7) is 9.07. The zero-order chi connectivity index (χ0) is 19.1. The lowest BCUT2D eigenvalue weighted by Gasteiger charge is -2.16. The minimum atomic E-state index is -0.109. The number of anilines is 1. The first kappa shape index (κ1) is 20.3. The molecule has 142 valence electrons. The fourth-order valence-electron chi connectivity index (χ4n) is 2.55. The summed E-state index contributed by atoms with van der Waals surface area (Å²) in [5.74, 6) is 1.91. The minimum absolute atomic E-state index is 0.109. The molecule has 0 saturated heterocycles. The van der Waals surface area contributed by atoms with Gasteiger partial charge in [-0.05, 0) is 44.9 Å². The van der Waals surface area contributed by atoms with Crippen LogP contribution in [-0.2, 0) is 11.2 Å². The minimum Gasteiger partial charge on any atom is -0.490 e. The van der Waals surface area contributed by atoms with Crippen molar-refractivity contribution < 1.29 is 14.3 Å². The number of rotatable bonds is 9. The first-order valence-corrected chi connectivity index (χ1v) is 9.70. The molecular weight excluding hydrogens is 398 g/mol. The predicted molar refractivity (Wildman–Crippen MR) is 106 cm³/mol. The van der Waals surface area contributed by atoms with E-state index in [9.17, 15) is 4.79 Å². The van der Waals surface area contributed by atoms with E-state index in [2.05, 4.69) is 40.2 Å². The summed E-state index contributed by atoms with van der Waals surface area (Å²) in [4.78, 5) is 12.5. The summed E-state index contributed by atoms with van der Waals surface area (Å²) in [7, 11) is 0. The Morgan fingerprint density at radius 1 is 1.23 bits per heavy atom. The maximum atomic E-state index is 12.5. The van der Waals surface area contributed by atoms with Crippen molar-refractivity contribution >= 4 is 27.7 Å². The number of hydrogen-bond donors (Lipinski definition) is 1. The van der Waals surface area contributed by atoms with E-state index in [4.69, 9.17) is 9.47 Å². The number of carbonyl (C=O) groups excluding carboxylic acids is 1. The molecule has 1 aromatic heterocycles.